The second-order valence-corrected chi connectivity index (χ2v) is 9.56. The Bertz CT molecular complexity index is 697. The summed E-state index contributed by atoms with van der Waals surface area (Å²) in [5.41, 5.74) is 1.21. The number of benzene rings is 1. The largest absolute Gasteiger partial charge is 0.296 e. The molecule has 0 radical (unpaired) electrons. The Morgan fingerprint density at radius 3 is 2.17 bits per heavy atom. The molecule has 130 valence electrons. The topological polar surface area (TPSA) is 86.8 Å². The molecule has 2 rings (SSSR count). The average molecular weight is 361 g/mol. The summed E-state index contributed by atoms with van der Waals surface area (Å²) in [6.45, 7) is 2.94. The summed E-state index contributed by atoms with van der Waals surface area (Å²) in [6.07, 6.45) is 1.02. The van der Waals surface area contributed by atoms with Crippen molar-refractivity contribution in [3.63, 3.8) is 0 Å². The molecule has 23 heavy (non-hydrogen) atoms. The highest BCUT2D eigenvalue weighted by molar-refractivity contribution is 7.89. The lowest BCUT2D eigenvalue weighted by molar-refractivity contribution is 0.181. The van der Waals surface area contributed by atoms with Gasteiger partial charge in [0.2, 0.25) is 20.0 Å². The molecule has 0 saturated carbocycles. The Balaban J connectivity index is 1.81. The van der Waals surface area contributed by atoms with E-state index in [0.29, 0.717) is 26.2 Å². The Morgan fingerprint density at radius 2 is 1.61 bits per heavy atom. The molecule has 1 aromatic carbocycles. The summed E-state index contributed by atoms with van der Waals surface area (Å²) in [6, 6.07) is 10.1. The zero-order chi connectivity index (χ0) is 16.9. The Labute approximate surface area is 138 Å². The fourth-order valence-corrected chi connectivity index (χ4v) is 4.43. The number of nitrogens with zero attached hydrogens (tertiary/aromatic N) is 2. The molecule has 1 N–H and O–H groups in total. The maximum Gasteiger partial charge on any atom is 0.215 e. The first-order chi connectivity index (χ1) is 10.8. The Kier molecular flexibility index (Phi) is 6.15. The van der Waals surface area contributed by atoms with Crippen molar-refractivity contribution in [3.05, 3.63) is 35.9 Å². The lowest BCUT2D eigenvalue weighted by Crippen LogP contribution is -2.49. The number of rotatable bonds is 7. The molecule has 9 heteroatoms. The summed E-state index contributed by atoms with van der Waals surface area (Å²) in [5, 5.41) is 0. The quantitative estimate of drug-likeness (QED) is 0.719. The molecule has 0 aromatic heterocycles. The van der Waals surface area contributed by atoms with Crippen LogP contribution < -0.4 is 4.72 Å². The summed E-state index contributed by atoms with van der Waals surface area (Å²) in [7, 11) is -6.78. The van der Waals surface area contributed by atoms with Crippen molar-refractivity contribution < 1.29 is 16.8 Å². The fourth-order valence-electron chi connectivity index (χ4n) is 2.49. The fraction of sp³-hybridized carbons (Fsp3) is 0.571. The molecule has 1 heterocycles. The van der Waals surface area contributed by atoms with E-state index in [1.165, 1.54) is 9.87 Å². The van der Waals surface area contributed by atoms with Gasteiger partial charge in [-0.25, -0.2) is 21.6 Å². The molecule has 0 atom stereocenters. The smallest absolute Gasteiger partial charge is 0.215 e. The van der Waals surface area contributed by atoms with Gasteiger partial charge in [-0.3, -0.25) is 4.90 Å². The highest BCUT2D eigenvalue weighted by atomic mass is 32.2. The third-order valence-electron chi connectivity index (χ3n) is 3.70. The van der Waals surface area contributed by atoms with Gasteiger partial charge in [-0.15, -0.1) is 0 Å². The van der Waals surface area contributed by atoms with E-state index in [1.807, 2.05) is 18.2 Å². The van der Waals surface area contributed by atoms with Gasteiger partial charge in [-0.05, 0) is 5.56 Å². The first kappa shape index (κ1) is 18.3. The molecule has 1 aliphatic rings. The molecule has 0 bridgehead atoms. The van der Waals surface area contributed by atoms with E-state index in [1.54, 1.807) is 0 Å². The maximum absolute atomic E-state index is 12.2. The molecule has 1 aliphatic heterocycles. The van der Waals surface area contributed by atoms with Gasteiger partial charge in [0.05, 0.1) is 12.0 Å². The maximum atomic E-state index is 12.2. The van der Waals surface area contributed by atoms with Crippen LogP contribution in [-0.4, -0.2) is 70.8 Å². The number of hydrogen-bond acceptors (Lipinski definition) is 5. The summed E-state index contributed by atoms with van der Waals surface area (Å²) >= 11 is 0. The van der Waals surface area contributed by atoms with E-state index >= 15 is 0 Å². The van der Waals surface area contributed by atoms with Gasteiger partial charge in [-0.2, -0.15) is 4.31 Å². The highest BCUT2D eigenvalue weighted by Gasteiger charge is 2.26. The lowest BCUT2D eigenvalue weighted by Gasteiger charge is -2.34. The monoisotopic (exact) mass is 361 g/mol. The highest BCUT2D eigenvalue weighted by Crippen LogP contribution is 2.11. The summed E-state index contributed by atoms with van der Waals surface area (Å²) in [4.78, 5) is 2.22. The van der Waals surface area contributed by atoms with Crippen LogP contribution in [0.1, 0.15) is 5.56 Å². The normalized spacial score (nSPS) is 18.1. The predicted molar refractivity (Wildman–Crippen MR) is 89.9 cm³/mol. The van der Waals surface area contributed by atoms with Gasteiger partial charge in [0, 0.05) is 39.3 Å². The first-order valence-electron chi connectivity index (χ1n) is 7.45. The molecule has 0 unspecified atom stereocenters. The minimum absolute atomic E-state index is 0.0919. The minimum atomic E-state index is -3.42. The standard InChI is InChI=1S/C14H23N3O4S2/c1-22(18,19)15-7-12-23(20,21)17-10-8-16(9-11-17)13-14-5-3-2-4-6-14/h2-6,15H,7-13H2,1H3. The zero-order valence-electron chi connectivity index (χ0n) is 13.2. The van der Waals surface area contributed by atoms with Gasteiger partial charge in [0.25, 0.3) is 0 Å². The molecular weight excluding hydrogens is 338 g/mol. The van der Waals surface area contributed by atoms with Crippen LogP contribution in [0.3, 0.4) is 0 Å². The summed E-state index contributed by atoms with van der Waals surface area (Å²) in [5.74, 6) is -0.210. The van der Waals surface area contributed by atoms with Crippen LogP contribution in [0.2, 0.25) is 0 Å². The van der Waals surface area contributed by atoms with Crippen LogP contribution in [0.4, 0.5) is 0 Å². The molecule has 1 fully saturated rings. The van der Waals surface area contributed by atoms with Crippen molar-refractivity contribution in [3.8, 4) is 0 Å². The van der Waals surface area contributed by atoms with Crippen molar-refractivity contribution in [2.75, 3.05) is 44.7 Å². The molecule has 7 nitrogen and oxygen atoms in total. The van der Waals surface area contributed by atoms with Gasteiger partial charge in [-0.1, -0.05) is 30.3 Å². The minimum Gasteiger partial charge on any atom is -0.296 e. The van der Waals surface area contributed by atoms with E-state index in [2.05, 4.69) is 21.8 Å². The number of sulfonamides is 2. The number of hydrogen-bond donors (Lipinski definition) is 1. The van der Waals surface area contributed by atoms with E-state index in [4.69, 9.17) is 0 Å². The third-order valence-corrected chi connectivity index (χ3v) is 6.30. The molecule has 0 amide bonds. The van der Waals surface area contributed by atoms with Crippen LogP contribution in [-0.2, 0) is 26.6 Å². The van der Waals surface area contributed by atoms with Crippen LogP contribution in [0, 0.1) is 0 Å². The van der Waals surface area contributed by atoms with Crippen LogP contribution in [0.5, 0.6) is 0 Å². The second kappa shape index (κ2) is 7.71. The van der Waals surface area contributed by atoms with E-state index in [0.717, 1.165) is 12.8 Å². The first-order valence-corrected chi connectivity index (χ1v) is 10.9. The van der Waals surface area contributed by atoms with Gasteiger partial charge >= 0.3 is 0 Å². The molecule has 0 aliphatic carbocycles. The second-order valence-electron chi connectivity index (χ2n) is 5.64. The molecule has 1 aromatic rings. The lowest BCUT2D eigenvalue weighted by atomic mass is 10.2. The van der Waals surface area contributed by atoms with Gasteiger partial charge in [0.15, 0.2) is 0 Å². The molecular formula is C14H23N3O4S2. The van der Waals surface area contributed by atoms with Crippen molar-refractivity contribution in [1.82, 2.24) is 13.9 Å². The Hall–Kier alpha value is -1.00. The van der Waals surface area contributed by atoms with E-state index < -0.39 is 20.0 Å². The van der Waals surface area contributed by atoms with Gasteiger partial charge < -0.3 is 0 Å². The number of nitrogens with one attached hydrogen (secondary N) is 1. The van der Waals surface area contributed by atoms with E-state index in [9.17, 15) is 16.8 Å². The van der Waals surface area contributed by atoms with Crippen molar-refractivity contribution >= 4 is 20.0 Å². The molecule has 0 spiro atoms. The Morgan fingerprint density at radius 1 is 1.00 bits per heavy atom. The molecule has 1 saturated heterocycles. The van der Waals surface area contributed by atoms with Crippen LogP contribution in [0.15, 0.2) is 30.3 Å². The zero-order valence-corrected chi connectivity index (χ0v) is 14.8. The summed E-state index contributed by atoms with van der Waals surface area (Å²) < 4.78 is 50.0. The third kappa shape index (κ3) is 6.19. The predicted octanol–water partition coefficient (Wildman–Crippen LogP) is -0.317. The average Bonchev–Trinajstić information content (AvgIpc) is 2.47. The van der Waals surface area contributed by atoms with Crippen molar-refractivity contribution in [2.45, 2.75) is 6.54 Å². The van der Waals surface area contributed by atoms with Crippen molar-refractivity contribution in [2.24, 2.45) is 0 Å². The van der Waals surface area contributed by atoms with Gasteiger partial charge in [0.1, 0.15) is 0 Å². The van der Waals surface area contributed by atoms with Crippen LogP contribution in [0.25, 0.3) is 0 Å². The van der Waals surface area contributed by atoms with Crippen molar-refractivity contribution in [1.29, 1.82) is 0 Å². The number of piperazine rings is 1. The SMILES string of the molecule is CS(=O)(=O)NCCS(=O)(=O)N1CCN(Cc2ccccc2)CC1. The van der Waals surface area contributed by atoms with E-state index in [-0.39, 0.29) is 12.3 Å². The van der Waals surface area contributed by atoms with Crippen LogP contribution >= 0.6 is 0 Å².